The largest absolute Gasteiger partial charge is 0.462 e. The van der Waals surface area contributed by atoms with Crippen LogP contribution in [0.3, 0.4) is 0 Å². The number of ether oxygens (including phenoxy) is 3. The fourth-order valence-electron chi connectivity index (χ4n) is 9.88. The molecule has 82 heavy (non-hydrogen) atoms. The lowest BCUT2D eigenvalue weighted by Gasteiger charge is -2.18. The van der Waals surface area contributed by atoms with Crippen molar-refractivity contribution in [3.8, 4) is 0 Å². The van der Waals surface area contributed by atoms with Gasteiger partial charge in [-0.1, -0.05) is 323 Å². The van der Waals surface area contributed by atoms with Crippen LogP contribution in [0.4, 0.5) is 0 Å². The van der Waals surface area contributed by atoms with Crippen molar-refractivity contribution in [1.29, 1.82) is 0 Å². The molecule has 0 aromatic rings. The van der Waals surface area contributed by atoms with Gasteiger partial charge >= 0.3 is 17.9 Å². The predicted octanol–water partition coefficient (Wildman–Crippen LogP) is 24.2. The van der Waals surface area contributed by atoms with Crippen LogP contribution in [0, 0.1) is 0 Å². The van der Waals surface area contributed by atoms with E-state index in [4.69, 9.17) is 14.2 Å². The number of esters is 3. The van der Waals surface area contributed by atoms with E-state index >= 15 is 0 Å². The summed E-state index contributed by atoms with van der Waals surface area (Å²) in [7, 11) is 0. The summed E-state index contributed by atoms with van der Waals surface area (Å²) in [6.45, 7) is 6.42. The van der Waals surface area contributed by atoms with E-state index in [-0.39, 0.29) is 31.1 Å². The summed E-state index contributed by atoms with van der Waals surface area (Å²) in [5.41, 5.74) is 0. The maximum absolute atomic E-state index is 13.0. The molecule has 470 valence electrons. The van der Waals surface area contributed by atoms with Crippen LogP contribution in [0.1, 0.15) is 335 Å². The Hall–Kier alpha value is -3.93. The topological polar surface area (TPSA) is 78.9 Å². The highest BCUT2D eigenvalue weighted by Crippen LogP contribution is 2.18. The second kappa shape index (κ2) is 69.6. The lowest BCUT2D eigenvalue weighted by Crippen LogP contribution is -2.30. The molecule has 0 aliphatic heterocycles. The highest BCUT2D eigenvalue weighted by Gasteiger charge is 2.19. The molecule has 0 bridgehead atoms. The summed E-state index contributed by atoms with van der Waals surface area (Å²) < 4.78 is 17.0. The number of allylic oxidation sites excluding steroid dienone is 18. The van der Waals surface area contributed by atoms with Gasteiger partial charge in [-0.3, -0.25) is 14.4 Å². The molecule has 1 unspecified atom stereocenters. The summed E-state index contributed by atoms with van der Waals surface area (Å²) >= 11 is 0. The Bertz CT molecular complexity index is 1640. The second-order valence-corrected chi connectivity index (χ2v) is 23.0. The van der Waals surface area contributed by atoms with Gasteiger partial charge < -0.3 is 14.2 Å². The molecule has 0 saturated heterocycles. The molecule has 0 amide bonds. The molecule has 6 nitrogen and oxygen atoms in total. The number of hydrogen-bond acceptors (Lipinski definition) is 6. The zero-order valence-electron chi connectivity index (χ0n) is 54.0. The molecule has 0 radical (unpaired) electrons. The average Bonchev–Trinajstić information content (AvgIpc) is 3.47. The predicted molar refractivity (Wildman–Crippen MR) is 357 cm³/mol. The van der Waals surface area contributed by atoms with Gasteiger partial charge in [-0.25, -0.2) is 0 Å². The van der Waals surface area contributed by atoms with Gasteiger partial charge in [0.25, 0.3) is 0 Å². The molecule has 0 aromatic carbocycles. The van der Waals surface area contributed by atoms with Crippen molar-refractivity contribution in [1.82, 2.24) is 0 Å². The maximum atomic E-state index is 13.0. The van der Waals surface area contributed by atoms with Crippen LogP contribution in [0.15, 0.2) is 109 Å². The number of carbonyl (C=O) groups excluding carboxylic acids is 3. The first kappa shape index (κ1) is 78.1. The van der Waals surface area contributed by atoms with Gasteiger partial charge in [-0.2, -0.15) is 0 Å². The van der Waals surface area contributed by atoms with E-state index in [2.05, 4.69) is 130 Å². The van der Waals surface area contributed by atoms with Crippen LogP contribution >= 0.6 is 0 Å². The lowest BCUT2D eigenvalue weighted by molar-refractivity contribution is -0.167. The van der Waals surface area contributed by atoms with E-state index in [1.807, 2.05) is 0 Å². The van der Waals surface area contributed by atoms with Crippen LogP contribution < -0.4 is 0 Å². The van der Waals surface area contributed by atoms with E-state index in [9.17, 15) is 14.4 Å². The first-order valence-electron chi connectivity index (χ1n) is 34.9. The molecule has 1 atom stereocenters. The SMILES string of the molecule is CC/C=C\C/C=C\C/C=C\C/C=C\C/C=C\CCCCCC(=O)OCC(COC(=O)CCCCCCCCCCCCCCCCCCCCCCCCCC)OC(=O)CCCCCCCCCC/C=C\C/C=C\C/C=C\C/C=C\CC. The van der Waals surface area contributed by atoms with Gasteiger partial charge in [0.05, 0.1) is 0 Å². The van der Waals surface area contributed by atoms with Crippen molar-refractivity contribution >= 4 is 17.9 Å². The molecule has 0 saturated carbocycles. The zero-order valence-corrected chi connectivity index (χ0v) is 54.0. The Morgan fingerprint density at radius 1 is 0.256 bits per heavy atom. The van der Waals surface area contributed by atoms with Crippen molar-refractivity contribution < 1.29 is 28.6 Å². The summed E-state index contributed by atoms with van der Waals surface area (Å²) in [6.07, 6.45) is 95.4. The normalized spacial score (nSPS) is 12.8. The molecule has 0 heterocycles. The highest BCUT2D eigenvalue weighted by atomic mass is 16.6. The molecule has 6 heteroatoms. The standard InChI is InChI=1S/C76H130O6/c1-4-7-10-13-16-19-22-25-28-31-34-36-37-38-40-42-45-48-51-54-57-60-63-66-69-75(78)81-72-73(71-80-74(77)68-65-62-59-56-53-50-47-44-41-33-30-27-24-21-18-15-12-9-6-3)82-76(79)70-67-64-61-58-55-52-49-46-43-39-35-32-29-26-23-20-17-14-11-8-5-2/h8-9,11-12,17-18,20-21,26-27,29-30,35,39,41,44,50,53,73H,4-7,10,13-16,19,22-25,28,31-34,36-38,40,42-43,45-49,51-52,54-72H2,1-3H3/b11-8-,12-9-,20-17-,21-18-,29-26-,30-27-,39-35-,44-41-,53-50-. The van der Waals surface area contributed by atoms with Crippen molar-refractivity contribution in [2.75, 3.05) is 13.2 Å². The molecular weight excluding hydrogens is 1010 g/mol. The summed E-state index contributed by atoms with van der Waals surface area (Å²) in [4.78, 5) is 38.5. The summed E-state index contributed by atoms with van der Waals surface area (Å²) in [6, 6.07) is 0. The third-order valence-electron chi connectivity index (χ3n) is 15.0. The Balaban J connectivity index is 4.40. The molecular formula is C76H130O6. The van der Waals surface area contributed by atoms with E-state index in [1.165, 1.54) is 167 Å². The van der Waals surface area contributed by atoms with Crippen molar-refractivity contribution in [2.45, 2.75) is 341 Å². The van der Waals surface area contributed by atoms with Crippen LogP contribution in [0.2, 0.25) is 0 Å². The van der Waals surface area contributed by atoms with Gasteiger partial charge in [-0.15, -0.1) is 0 Å². The third-order valence-corrected chi connectivity index (χ3v) is 15.0. The van der Waals surface area contributed by atoms with Crippen LogP contribution in [0.25, 0.3) is 0 Å². The van der Waals surface area contributed by atoms with E-state index < -0.39 is 6.10 Å². The smallest absolute Gasteiger partial charge is 0.306 e. The number of hydrogen-bond donors (Lipinski definition) is 0. The van der Waals surface area contributed by atoms with Gasteiger partial charge in [0.1, 0.15) is 13.2 Å². The van der Waals surface area contributed by atoms with Crippen molar-refractivity contribution in [3.05, 3.63) is 109 Å². The van der Waals surface area contributed by atoms with Gasteiger partial charge in [0.2, 0.25) is 0 Å². The molecule has 0 fully saturated rings. The Kier molecular flexibility index (Phi) is 66.2. The Morgan fingerprint density at radius 2 is 0.476 bits per heavy atom. The van der Waals surface area contributed by atoms with Gasteiger partial charge in [0.15, 0.2) is 6.10 Å². The van der Waals surface area contributed by atoms with E-state index in [0.29, 0.717) is 19.3 Å². The molecule has 0 aliphatic rings. The minimum absolute atomic E-state index is 0.0905. The number of unbranched alkanes of at least 4 members (excludes halogenated alkanes) is 34. The van der Waals surface area contributed by atoms with Crippen LogP contribution in [-0.2, 0) is 28.6 Å². The van der Waals surface area contributed by atoms with Gasteiger partial charge in [-0.05, 0) is 103 Å². The third kappa shape index (κ3) is 66.9. The molecule has 0 aromatic heterocycles. The first-order chi connectivity index (χ1) is 40.5. The van der Waals surface area contributed by atoms with E-state index in [1.54, 1.807) is 0 Å². The lowest BCUT2D eigenvalue weighted by atomic mass is 10.0. The average molecular weight is 1140 g/mol. The van der Waals surface area contributed by atoms with Crippen LogP contribution in [0.5, 0.6) is 0 Å². The fourth-order valence-corrected chi connectivity index (χ4v) is 9.88. The Labute approximate surface area is 508 Å². The quantitative estimate of drug-likeness (QED) is 0.0261. The first-order valence-corrected chi connectivity index (χ1v) is 34.9. The second-order valence-electron chi connectivity index (χ2n) is 23.0. The maximum Gasteiger partial charge on any atom is 0.306 e. The van der Waals surface area contributed by atoms with Crippen molar-refractivity contribution in [3.63, 3.8) is 0 Å². The molecule has 0 rings (SSSR count). The summed E-state index contributed by atoms with van der Waals surface area (Å²) in [5, 5.41) is 0. The zero-order chi connectivity index (χ0) is 59.2. The molecule has 0 aliphatic carbocycles. The summed E-state index contributed by atoms with van der Waals surface area (Å²) in [5.74, 6) is -0.918. The molecule has 0 spiro atoms. The van der Waals surface area contributed by atoms with Crippen molar-refractivity contribution in [2.24, 2.45) is 0 Å². The van der Waals surface area contributed by atoms with E-state index in [0.717, 1.165) is 128 Å². The molecule has 0 N–H and O–H groups in total. The monoisotopic (exact) mass is 1140 g/mol. The number of rotatable bonds is 63. The minimum Gasteiger partial charge on any atom is -0.462 e. The highest BCUT2D eigenvalue weighted by molar-refractivity contribution is 5.71. The van der Waals surface area contributed by atoms with Crippen LogP contribution in [-0.4, -0.2) is 37.2 Å². The fraction of sp³-hybridized carbons (Fsp3) is 0.724. The minimum atomic E-state index is -0.799. The number of carbonyl (C=O) groups is 3. The Morgan fingerprint density at radius 3 is 0.756 bits per heavy atom. The van der Waals surface area contributed by atoms with Gasteiger partial charge in [0, 0.05) is 19.3 Å².